The maximum absolute atomic E-state index is 12.7. The number of fused-ring (bicyclic) bond motifs is 3. The van der Waals surface area contributed by atoms with E-state index in [9.17, 15) is 19.5 Å². The minimum absolute atomic E-state index is 0.0593. The number of hydrogen-bond donors (Lipinski definition) is 4. The van der Waals surface area contributed by atoms with E-state index in [-0.39, 0.29) is 24.7 Å². The molecule has 9 nitrogen and oxygen atoms in total. The van der Waals surface area contributed by atoms with Crippen molar-refractivity contribution in [2.24, 2.45) is 0 Å². The monoisotopic (exact) mass is 476 g/mol. The van der Waals surface area contributed by atoms with Crippen molar-refractivity contribution in [2.75, 3.05) is 13.2 Å². The quantitative estimate of drug-likeness (QED) is 0.349. The number of phenolic OH excluding ortho intramolecular Hbond substituents is 1. The molecule has 1 aliphatic rings. The van der Waals surface area contributed by atoms with E-state index in [2.05, 4.69) is 10.2 Å². The van der Waals surface area contributed by atoms with Crippen molar-refractivity contribution >= 4 is 18.0 Å². The number of rotatable bonds is 9. The normalized spacial score (nSPS) is 12.8. The second-order valence-corrected chi connectivity index (χ2v) is 8.04. The number of aromatic hydroxyl groups is 1. The molecule has 3 aromatic rings. The molecule has 0 saturated carbocycles. The number of amides is 2. The summed E-state index contributed by atoms with van der Waals surface area (Å²) in [6.07, 6.45) is -0.740. The molecule has 1 atom stereocenters. The molecule has 0 heterocycles. The lowest BCUT2D eigenvalue weighted by molar-refractivity contribution is -0.150. The second-order valence-electron chi connectivity index (χ2n) is 8.04. The van der Waals surface area contributed by atoms with Crippen LogP contribution in [0.2, 0.25) is 0 Å². The smallest absolute Gasteiger partial charge is 0.407 e. The number of alkyl carbamates (subject to hydrolysis) is 1. The highest BCUT2D eigenvalue weighted by molar-refractivity contribution is 5.85. The molecule has 4 rings (SSSR count). The number of ether oxygens (including phenoxy) is 1. The van der Waals surface area contributed by atoms with Crippen LogP contribution >= 0.6 is 0 Å². The molecular weight excluding hydrogens is 452 g/mol. The molecule has 0 fully saturated rings. The summed E-state index contributed by atoms with van der Waals surface area (Å²) in [5.41, 5.74) is 6.99. The van der Waals surface area contributed by atoms with Gasteiger partial charge >= 0.3 is 12.1 Å². The van der Waals surface area contributed by atoms with E-state index < -0.39 is 30.6 Å². The third-order valence-corrected chi connectivity index (χ3v) is 5.70. The number of hydrogen-bond acceptors (Lipinski definition) is 6. The number of benzene rings is 3. The summed E-state index contributed by atoms with van der Waals surface area (Å²) in [4.78, 5) is 40.6. The van der Waals surface area contributed by atoms with E-state index in [1.807, 2.05) is 54.0 Å². The highest BCUT2D eigenvalue weighted by Crippen LogP contribution is 2.44. The van der Waals surface area contributed by atoms with Gasteiger partial charge in [0.25, 0.3) is 5.91 Å². The van der Waals surface area contributed by atoms with Crippen molar-refractivity contribution in [3.8, 4) is 16.9 Å². The van der Waals surface area contributed by atoms with Crippen LogP contribution in [-0.2, 0) is 25.6 Å². The maximum Gasteiger partial charge on any atom is 0.407 e. The SMILES string of the molecule is O=C(O)CONC(=O)C(Cc1ccc(O)cc1)NC(=O)OCC1c2ccccc2-c2ccccc21. The zero-order valence-electron chi connectivity index (χ0n) is 18.6. The molecule has 0 saturated heterocycles. The second kappa shape index (κ2) is 10.7. The molecule has 1 aliphatic carbocycles. The molecule has 1 unspecified atom stereocenters. The number of aliphatic carboxylic acids is 1. The summed E-state index contributed by atoms with van der Waals surface area (Å²) >= 11 is 0. The van der Waals surface area contributed by atoms with Crippen molar-refractivity contribution < 1.29 is 34.2 Å². The van der Waals surface area contributed by atoms with Crippen molar-refractivity contribution in [3.63, 3.8) is 0 Å². The van der Waals surface area contributed by atoms with E-state index in [1.165, 1.54) is 12.1 Å². The van der Waals surface area contributed by atoms with Gasteiger partial charge in [0.1, 0.15) is 18.4 Å². The first-order valence-electron chi connectivity index (χ1n) is 10.9. The Morgan fingerprint density at radius 2 is 1.49 bits per heavy atom. The largest absolute Gasteiger partial charge is 0.508 e. The van der Waals surface area contributed by atoms with Gasteiger partial charge in [0.2, 0.25) is 0 Å². The van der Waals surface area contributed by atoms with Gasteiger partial charge in [-0.15, -0.1) is 0 Å². The van der Waals surface area contributed by atoms with Gasteiger partial charge in [0, 0.05) is 12.3 Å². The van der Waals surface area contributed by atoms with E-state index in [0.29, 0.717) is 5.56 Å². The van der Waals surface area contributed by atoms with Crippen LogP contribution in [0.1, 0.15) is 22.6 Å². The van der Waals surface area contributed by atoms with Crippen LogP contribution in [0.15, 0.2) is 72.8 Å². The standard InChI is InChI=1S/C26H24N2O7/c29-17-11-9-16(10-12-17)13-23(25(32)28-35-15-24(30)31)27-26(33)34-14-22-20-7-3-1-5-18(20)19-6-2-4-8-21(19)22/h1-12,22-23,29H,13-15H2,(H,27,33)(H,28,32)(H,30,31). The minimum atomic E-state index is -1.26. The molecule has 180 valence electrons. The van der Waals surface area contributed by atoms with E-state index in [0.717, 1.165) is 22.3 Å². The molecule has 0 bridgehead atoms. The average molecular weight is 476 g/mol. The van der Waals surface area contributed by atoms with Gasteiger partial charge in [-0.1, -0.05) is 60.7 Å². The predicted molar refractivity (Wildman–Crippen MR) is 126 cm³/mol. The lowest BCUT2D eigenvalue weighted by atomic mass is 9.98. The number of carbonyl (C=O) groups is 3. The topological polar surface area (TPSA) is 134 Å². The molecule has 0 spiro atoms. The molecule has 0 aromatic heterocycles. The van der Waals surface area contributed by atoms with Gasteiger partial charge < -0.3 is 20.3 Å². The highest BCUT2D eigenvalue weighted by atomic mass is 16.7. The number of phenols is 1. The summed E-state index contributed by atoms with van der Waals surface area (Å²) in [5, 5.41) is 20.7. The lowest BCUT2D eigenvalue weighted by Gasteiger charge is -2.19. The molecule has 2 amide bonds. The molecule has 0 aliphatic heterocycles. The van der Waals surface area contributed by atoms with Gasteiger partial charge in [-0.3, -0.25) is 9.63 Å². The fraction of sp³-hybridized carbons (Fsp3) is 0.192. The molecule has 9 heteroatoms. The Kier molecular flexibility index (Phi) is 7.27. The first-order valence-corrected chi connectivity index (χ1v) is 10.9. The van der Waals surface area contributed by atoms with Crippen LogP contribution in [0.3, 0.4) is 0 Å². The van der Waals surface area contributed by atoms with Gasteiger partial charge in [0.05, 0.1) is 0 Å². The van der Waals surface area contributed by atoms with Gasteiger partial charge in [-0.25, -0.2) is 15.1 Å². The van der Waals surface area contributed by atoms with Gasteiger partial charge in [-0.2, -0.15) is 0 Å². The van der Waals surface area contributed by atoms with Crippen LogP contribution in [0.25, 0.3) is 11.1 Å². The number of carboxylic acid groups (broad SMARTS) is 1. The Morgan fingerprint density at radius 3 is 2.09 bits per heavy atom. The van der Waals surface area contributed by atoms with Crippen molar-refractivity contribution in [2.45, 2.75) is 18.4 Å². The van der Waals surface area contributed by atoms with Crippen molar-refractivity contribution in [3.05, 3.63) is 89.5 Å². The highest BCUT2D eigenvalue weighted by Gasteiger charge is 2.30. The van der Waals surface area contributed by atoms with E-state index in [4.69, 9.17) is 9.84 Å². The summed E-state index contributed by atoms with van der Waals surface area (Å²) in [5.74, 6) is -2.09. The molecule has 4 N–H and O–H groups in total. The Labute approximate surface area is 201 Å². The fourth-order valence-corrected chi connectivity index (χ4v) is 4.10. The summed E-state index contributed by atoms with van der Waals surface area (Å²) in [6.45, 7) is -0.661. The Balaban J connectivity index is 1.43. The van der Waals surface area contributed by atoms with Crippen LogP contribution in [0, 0.1) is 0 Å². The van der Waals surface area contributed by atoms with Crippen LogP contribution in [0.5, 0.6) is 5.75 Å². The molecule has 3 aromatic carbocycles. The van der Waals surface area contributed by atoms with Crippen molar-refractivity contribution in [1.82, 2.24) is 10.8 Å². The van der Waals surface area contributed by atoms with E-state index in [1.54, 1.807) is 12.1 Å². The van der Waals surface area contributed by atoms with Crippen LogP contribution in [-0.4, -0.2) is 47.4 Å². The third-order valence-electron chi connectivity index (χ3n) is 5.70. The van der Waals surface area contributed by atoms with E-state index >= 15 is 0 Å². The first kappa shape index (κ1) is 23.8. The van der Waals surface area contributed by atoms with Crippen LogP contribution in [0.4, 0.5) is 4.79 Å². The third kappa shape index (κ3) is 5.77. The average Bonchev–Trinajstić information content (AvgIpc) is 3.17. The van der Waals surface area contributed by atoms with Crippen molar-refractivity contribution in [1.29, 1.82) is 0 Å². The molecular formula is C26H24N2O7. The predicted octanol–water partition coefficient (Wildman–Crippen LogP) is 2.97. The Morgan fingerprint density at radius 1 is 0.886 bits per heavy atom. The summed E-state index contributed by atoms with van der Waals surface area (Å²) < 4.78 is 5.51. The summed E-state index contributed by atoms with van der Waals surface area (Å²) in [7, 11) is 0. The van der Waals surface area contributed by atoms with Gasteiger partial charge in [-0.05, 0) is 39.9 Å². The van der Waals surface area contributed by atoms with Gasteiger partial charge in [0.15, 0.2) is 6.61 Å². The minimum Gasteiger partial charge on any atom is -0.508 e. The molecule has 0 radical (unpaired) electrons. The lowest BCUT2D eigenvalue weighted by Crippen LogP contribution is -2.48. The number of carboxylic acids is 1. The van der Waals surface area contributed by atoms with Crippen LogP contribution < -0.4 is 10.8 Å². The first-order chi connectivity index (χ1) is 16.9. The fourth-order valence-electron chi connectivity index (χ4n) is 4.10. The number of nitrogens with one attached hydrogen (secondary N) is 2. The maximum atomic E-state index is 12.7. The summed E-state index contributed by atoms with van der Waals surface area (Å²) in [6, 6.07) is 20.9. The zero-order chi connectivity index (χ0) is 24.8. The Bertz CT molecular complexity index is 1180. The molecule has 35 heavy (non-hydrogen) atoms. The number of hydroxylamine groups is 1. The Hall–Kier alpha value is -4.37. The number of carbonyl (C=O) groups excluding carboxylic acids is 2. The zero-order valence-corrected chi connectivity index (χ0v) is 18.6.